The van der Waals surface area contributed by atoms with Gasteiger partial charge in [-0.25, -0.2) is 13.6 Å². The van der Waals surface area contributed by atoms with Crippen molar-refractivity contribution >= 4 is 16.9 Å². The highest BCUT2D eigenvalue weighted by Crippen LogP contribution is 2.30. The summed E-state index contributed by atoms with van der Waals surface area (Å²) in [4.78, 5) is 14.4. The van der Waals surface area contributed by atoms with Gasteiger partial charge in [-0.1, -0.05) is 12.1 Å². The van der Waals surface area contributed by atoms with Gasteiger partial charge in [-0.2, -0.15) is 0 Å². The van der Waals surface area contributed by atoms with E-state index in [-0.39, 0.29) is 18.6 Å². The van der Waals surface area contributed by atoms with E-state index in [1.807, 2.05) is 20.8 Å². The molecule has 1 amide bonds. The van der Waals surface area contributed by atoms with Crippen LogP contribution >= 0.6 is 0 Å². The van der Waals surface area contributed by atoms with Gasteiger partial charge in [-0.05, 0) is 74.9 Å². The molecule has 1 fully saturated rings. The van der Waals surface area contributed by atoms with E-state index in [0.29, 0.717) is 42.0 Å². The van der Waals surface area contributed by atoms with Crippen LogP contribution in [0.15, 0.2) is 41.3 Å². The van der Waals surface area contributed by atoms with Crippen molar-refractivity contribution in [1.82, 2.24) is 4.90 Å². The second kappa shape index (κ2) is 9.98. The summed E-state index contributed by atoms with van der Waals surface area (Å²) >= 11 is 0. The Labute approximate surface area is 190 Å². The minimum absolute atomic E-state index is 0.0922. The molecule has 0 aliphatic carbocycles. The Morgan fingerprint density at radius 1 is 1.06 bits per heavy atom. The molecular formula is C24H29F2NO4S. The fraction of sp³-hybridized carbons (Fsp3) is 0.458. The van der Waals surface area contributed by atoms with Gasteiger partial charge in [0.15, 0.2) is 17.4 Å². The summed E-state index contributed by atoms with van der Waals surface area (Å²) < 4.78 is 51.6. The number of nitrogens with zero attached hydrogens (tertiary/aromatic N) is 1. The maximum Gasteiger partial charge on any atom is 0.410 e. The summed E-state index contributed by atoms with van der Waals surface area (Å²) in [6.07, 6.45) is 2.57. The van der Waals surface area contributed by atoms with Crippen molar-refractivity contribution in [3.05, 3.63) is 48.0 Å². The normalized spacial score (nSPS) is 16.0. The average Bonchev–Trinajstić information content (AvgIpc) is 2.72. The molecule has 0 radical (unpaired) electrons. The second-order valence-electron chi connectivity index (χ2n) is 8.97. The third kappa shape index (κ3) is 6.28. The summed E-state index contributed by atoms with van der Waals surface area (Å²) in [5, 5.41) is 0. The molecule has 174 valence electrons. The number of likely N-dealkylation sites (tertiary alicyclic amines) is 1. The number of benzene rings is 2. The Morgan fingerprint density at radius 2 is 1.62 bits per heavy atom. The number of carbonyl (C=O) groups excluding carboxylic acids is 1. The number of carbonyl (C=O) groups is 1. The molecule has 1 saturated heterocycles. The minimum Gasteiger partial charge on any atom is -0.487 e. The number of hydrogen-bond donors (Lipinski definition) is 0. The smallest absolute Gasteiger partial charge is 0.410 e. The monoisotopic (exact) mass is 465 g/mol. The molecule has 0 spiro atoms. The Kier molecular flexibility index (Phi) is 7.54. The first kappa shape index (κ1) is 24.2. The van der Waals surface area contributed by atoms with Crippen LogP contribution in [0.2, 0.25) is 0 Å². The average molecular weight is 466 g/mol. The number of amides is 1. The van der Waals surface area contributed by atoms with E-state index in [0.717, 1.165) is 0 Å². The summed E-state index contributed by atoms with van der Waals surface area (Å²) in [5.41, 5.74) is 0.458. The molecule has 5 nitrogen and oxygen atoms in total. The zero-order valence-corrected chi connectivity index (χ0v) is 19.6. The lowest BCUT2D eigenvalue weighted by Gasteiger charge is -2.33. The van der Waals surface area contributed by atoms with Gasteiger partial charge in [0.1, 0.15) is 5.60 Å². The number of rotatable bonds is 5. The number of piperidine rings is 1. The maximum atomic E-state index is 14.6. The van der Waals surface area contributed by atoms with Crippen LogP contribution in [-0.4, -0.2) is 46.8 Å². The Morgan fingerprint density at radius 3 is 2.12 bits per heavy atom. The van der Waals surface area contributed by atoms with E-state index in [2.05, 4.69) is 0 Å². The van der Waals surface area contributed by atoms with Crippen molar-refractivity contribution in [3.63, 3.8) is 0 Å². The van der Waals surface area contributed by atoms with Crippen LogP contribution in [0.3, 0.4) is 0 Å². The fourth-order valence-electron chi connectivity index (χ4n) is 3.51. The Hall–Kier alpha value is -2.48. The van der Waals surface area contributed by atoms with Gasteiger partial charge in [0, 0.05) is 35.0 Å². The predicted molar refractivity (Wildman–Crippen MR) is 120 cm³/mol. The van der Waals surface area contributed by atoms with Gasteiger partial charge < -0.3 is 14.4 Å². The molecule has 32 heavy (non-hydrogen) atoms. The van der Waals surface area contributed by atoms with Gasteiger partial charge in [0.25, 0.3) is 0 Å². The molecule has 0 bridgehead atoms. The molecule has 1 unspecified atom stereocenters. The van der Waals surface area contributed by atoms with E-state index in [4.69, 9.17) is 9.47 Å². The molecule has 1 aliphatic rings. The first-order valence-electron chi connectivity index (χ1n) is 10.6. The summed E-state index contributed by atoms with van der Waals surface area (Å²) in [6.45, 7) is 6.68. The van der Waals surface area contributed by atoms with Crippen molar-refractivity contribution in [3.8, 4) is 16.9 Å². The highest BCUT2D eigenvalue weighted by molar-refractivity contribution is 7.84. The summed E-state index contributed by atoms with van der Waals surface area (Å²) in [5.74, 6) is -1.84. The SMILES string of the molecule is CS(=O)c1ccc(-c2cc(F)c(OCC3CCN(C(=O)OC(C)(C)C)CC3)c(F)c2)cc1. The zero-order chi connectivity index (χ0) is 23.5. The second-order valence-corrected chi connectivity index (χ2v) is 10.3. The summed E-state index contributed by atoms with van der Waals surface area (Å²) in [6, 6.07) is 9.20. The van der Waals surface area contributed by atoms with Gasteiger partial charge in [-0.15, -0.1) is 0 Å². The quantitative estimate of drug-likeness (QED) is 0.594. The molecule has 1 aliphatic heterocycles. The molecule has 2 aromatic carbocycles. The predicted octanol–water partition coefficient (Wildman–Crippen LogP) is 5.40. The van der Waals surface area contributed by atoms with E-state index in [1.54, 1.807) is 35.4 Å². The Balaban J connectivity index is 1.58. The van der Waals surface area contributed by atoms with Gasteiger partial charge in [-0.3, -0.25) is 4.21 Å². The van der Waals surface area contributed by atoms with Gasteiger partial charge >= 0.3 is 6.09 Å². The van der Waals surface area contributed by atoms with Crippen molar-refractivity contribution in [2.75, 3.05) is 26.0 Å². The maximum absolute atomic E-state index is 14.6. The number of halogens is 2. The van der Waals surface area contributed by atoms with Gasteiger partial charge in [0.2, 0.25) is 0 Å². The highest BCUT2D eigenvalue weighted by Gasteiger charge is 2.27. The molecule has 1 atom stereocenters. The molecule has 8 heteroatoms. The van der Waals surface area contributed by atoms with E-state index >= 15 is 0 Å². The standard InChI is InChI=1S/C24H29F2NO4S/c1-24(2,3)31-23(28)27-11-9-16(10-12-27)15-30-22-20(25)13-18(14-21(22)26)17-5-7-19(8-6-17)32(4)29/h5-8,13-14,16H,9-12,15H2,1-4H3. The van der Waals surface area contributed by atoms with E-state index < -0.39 is 33.8 Å². The van der Waals surface area contributed by atoms with Crippen molar-refractivity contribution in [2.45, 2.75) is 44.1 Å². The molecule has 2 aromatic rings. The first-order valence-corrected chi connectivity index (χ1v) is 12.1. The van der Waals surface area contributed by atoms with Crippen LogP contribution < -0.4 is 4.74 Å². The van der Waals surface area contributed by atoms with Crippen LogP contribution in [0.4, 0.5) is 13.6 Å². The van der Waals surface area contributed by atoms with E-state index in [9.17, 15) is 17.8 Å². The van der Waals surface area contributed by atoms with Crippen molar-refractivity contribution in [1.29, 1.82) is 0 Å². The highest BCUT2D eigenvalue weighted by atomic mass is 32.2. The lowest BCUT2D eigenvalue weighted by molar-refractivity contribution is 0.0163. The zero-order valence-electron chi connectivity index (χ0n) is 18.8. The minimum atomic E-state index is -1.12. The van der Waals surface area contributed by atoms with E-state index in [1.165, 1.54) is 12.1 Å². The largest absolute Gasteiger partial charge is 0.487 e. The molecular weight excluding hydrogens is 436 g/mol. The lowest BCUT2D eigenvalue weighted by Crippen LogP contribution is -2.42. The van der Waals surface area contributed by atoms with Crippen molar-refractivity contribution < 1.29 is 27.3 Å². The number of ether oxygens (including phenoxy) is 2. The van der Waals surface area contributed by atoms with Crippen LogP contribution in [0.1, 0.15) is 33.6 Å². The Bertz CT molecular complexity index is 957. The van der Waals surface area contributed by atoms with Crippen LogP contribution in [0.25, 0.3) is 11.1 Å². The molecule has 0 aromatic heterocycles. The van der Waals surface area contributed by atoms with Crippen LogP contribution in [0.5, 0.6) is 5.75 Å². The molecule has 1 heterocycles. The lowest BCUT2D eigenvalue weighted by atomic mass is 9.98. The van der Waals surface area contributed by atoms with Crippen LogP contribution in [-0.2, 0) is 15.5 Å². The molecule has 3 rings (SSSR count). The topological polar surface area (TPSA) is 55.8 Å². The van der Waals surface area contributed by atoms with Crippen molar-refractivity contribution in [2.24, 2.45) is 5.92 Å². The summed E-state index contributed by atoms with van der Waals surface area (Å²) in [7, 11) is -1.12. The third-order valence-corrected chi connectivity index (χ3v) is 6.18. The molecule has 0 N–H and O–H groups in total. The third-order valence-electron chi connectivity index (χ3n) is 5.25. The number of hydrogen-bond acceptors (Lipinski definition) is 4. The molecule has 0 saturated carbocycles. The van der Waals surface area contributed by atoms with Crippen LogP contribution in [0, 0.1) is 17.6 Å². The van der Waals surface area contributed by atoms with Gasteiger partial charge in [0.05, 0.1) is 6.61 Å². The fourth-order valence-corrected chi connectivity index (χ4v) is 4.03. The first-order chi connectivity index (χ1) is 15.0.